The lowest BCUT2D eigenvalue weighted by Crippen LogP contribution is -2.63. The van der Waals surface area contributed by atoms with E-state index < -0.39 is 82.0 Å². The quantitative estimate of drug-likeness (QED) is 0.250. The van der Waals surface area contributed by atoms with Crippen molar-refractivity contribution in [1.82, 2.24) is 0 Å². The van der Waals surface area contributed by atoms with Crippen molar-refractivity contribution in [3.05, 3.63) is 64.6 Å². The fraction of sp³-hybridized carbons (Fsp3) is 0.304. The molecule has 0 aliphatic heterocycles. The van der Waals surface area contributed by atoms with Gasteiger partial charge in [-0.15, -0.1) is 0 Å². The van der Waals surface area contributed by atoms with Gasteiger partial charge in [-0.25, -0.2) is 4.79 Å². The zero-order valence-electron chi connectivity index (χ0n) is 17.4. The number of rotatable bonds is 3. The maximum Gasteiger partial charge on any atom is 0.330 e. The summed E-state index contributed by atoms with van der Waals surface area (Å²) in [7, 11) is 0. The summed E-state index contributed by atoms with van der Waals surface area (Å²) in [5.41, 5.74) is 1.23. The van der Waals surface area contributed by atoms with Crippen LogP contribution in [0.4, 0.5) is 0 Å². The molecule has 1 aromatic carbocycles. The molecule has 0 saturated heterocycles. The van der Waals surface area contributed by atoms with E-state index >= 15 is 0 Å². The van der Waals surface area contributed by atoms with Crippen LogP contribution in [0.3, 0.4) is 0 Å². The van der Waals surface area contributed by atoms with Crippen LogP contribution in [0.2, 0.25) is 0 Å². The van der Waals surface area contributed by atoms with Crippen LogP contribution in [-0.2, 0) is 19.1 Å². The number of aromatic hydroxyl groups is 1. The van der Waals surface area contributed by atoms with E-state index in [0.717, 1.165) is 6.08 Å². The number of hydrogen-bond donors (Lipinski definition) is 5. The maximum absolute atomic E-state index is 13.4. The highest BCUT2D eigenvalue weighted by atomic mass is 16.5. The second-order valence-electron chi connectivity index (χ2n) is 8.34. The van der Waals surface area contributed by atoms with E-state index in [0.29, 0.717) is 5.56 Å². The van der Waals surface area contributed by atoms with Crippen molar-refractivity contribution in [2.24, 2.45) is 17.6 Å². The highest BCUT2D eigenvalue weighted by Gasteiger charge is 2.65. The molecule has 172 valence electrons. The van der Waals surface area contributed by atoms with Crippen LogP contribution >= 0.6 is 0 Å². The Morgan fingerprint density at radius 3 is 2.52 bits per heavy atom. The van der Waals surface area contributed by atoms with Gasteiger partial charge in [-0.1, -0.05) is 25.6 Å². The molecule has 0 unspecified atom stereocenters. The Hall–Kier alpha value is -3.92. The van der Waals surface area contributed by atoms with Crippen molar-refractivity contribution >= 4 is 23.4 Å². The summed E-state index contributed by atoms with van der Waals surface area (Å²) in [6.45, 7) is 4.99. The first-order chi connectivity index (χ1) is 15.5. The van der Waals surface area contributed by atoms with E-state index in [-0.39, 0.29) is 11.3 Å². The standard InChI is InChI=1S/C23H21NO9/c1-3-13(27)33-19-10-7-12(26)16(22(24)31)20(29)23(10,32)21(30)17-14(19)8(2)9-5-4-6-11(25)15(9)18(17)28/h3-6,8,10,14,19,25-26,30,32H,1,7H2,2H3,(H2,24,31)/t8-,10+,14+,19+,23+/m0/s1. The summed E-state index contributed by atoms with van der Waals surface area (Å²) in [6.07, 6.45) is -1.08. The van der Waals surface area contributed by atoms with Gasteiger partial charge in [-0.05, 0) is 17.5 Å². The fourth-order valence-corrected chi connectivity index (χ4v) is 5.26. The van der Waals surface area contributed by atoms with Gasteiger partial charge < -0.3 is 30.9 Å². The van der Waals surface area contributed by atoms with Crippen molar-refractivity contribution < 1.29 is 44.3 Å². The summed E-state index contributed by atoms with van der Waals surface area (Å²) in [6, 6.07) is 4.39. The zero-order chi connectivity index (χ0) is 24.4. The summed E-state index contributed by atoms with van der Waals surface area (Å²) >= 11 is 0. The Kier molecular flexibility index (Phi) is 4.93. The van der Waals surface area contributed by atoms with Gasteiger partial charge in [0.15, 0.2) is 11.4 Å². The number of ketones is 2. The third-order valence-corrected chi connectivity index (χ3v) is 6.75. The molecule has 0 aromatic heterocycles. The molecule has 10 nitrogen and oxygen atoms in total. The minimum atomic E-state index is -2.88. The van der Waals surface area contributed by atoms with Gasteiger partial charge in [0.25, 0.3) is 5.91 Å². The Balaban J connectivity index is 2.04. The molecule has 33 heavy (non-hydrogen) atoms. The van der Waals surface area contributed by atoms with Crippen molar-refractivity contribution in [3.8, 4) is 5.75 Å². The highest BCUT2D eigenvalue weighted by Crippen LogP contribution is 2.55. The van der Waals surface area contributed by atoms with Crippen molar-refractivity contribution in [1.29, 1.82) is 0 Å². The molecule has 5 atom stereocenters. The smallest absolute Gasteiger partial charge is 0.330 e. The molecule has 0 spiro atoms. The Morgan fingerprint density at radius 2 is 1.91 bits per heavy atom. The van der Waals surface area contributed by atoms with Crippen LogP contribution < -0.4 is 5.73 Å². The van der Waals surface area contributed by atoms with Crippen LogP contribution in [-0.4, -0.2) is 55.6 Å². The number of primary amides is 1. The van der Waals surface area contributed by atoms with E-state index in [9.17, 15) is 39.6 Å². The SMILES string of the molecule is C=CC(=O)O[C@H]1[C@H]2C(=C(O)[C@]3(O)C(=O)C(C(N)=O)=C(O)C[C@H]13)C(=O)c1c(O)cccc1[C@@H]2C. The lowest BCUT2D eigenvalue weighted by atomic mass is 9.56. The number of benzene rings is 1. The van der Waals surface area contributed by atoms with Gasteiger partial charge >= 0.3 is 5.97 Å². The molecular weight excluding hydrogens is 434 g/mol. The molecule has 3 aliphatic rings. The second kappa shape index (κ2) is 7.31. The second-order valence-corrected chi connectivity index (χ2v) is 8.34. The lowest BCUT2D eigenvalue weighted by molar-refractivity contribution is -0.170. The average Bonchev–Trinajstić information content (AvgIpc) is 2.75. The van der Waals surface area contributed by atoms with Crippen molar-refractivity contribution in [3.63, 3.8) is 0 Å². The predicted molar refractivity (Wildman–Crippen MR) is 111 cm³/mol. The molecule has 1 amide bonds. The molecule has 0 saturated carbocycles. The topological polar surface area (TPSA) is 184 Å². The predicted octanol–water partition coefficient (Wildman–Crippen LogP) is 0.849. The van der Waals surface area contributed by atoms with Crippen LogP contribution in [0.15, 0.2) is 53.5 Å². The summed E-state index contributed by atoms with van der Waals surface area (Å²) in [5.74, 6) is -9.82. The largest absolute Gasteiger partial charge is 0.511 e. The number of esters is 1. The first kappa shape index (κ1) is 22.3. The number of allylic oxidation sites excluding steroid dienone is 1. The minimum Gasteiger partial charge on any atom is -0.511 e. The Morgan fingerprint density at radius 1 is 1.24 bits per heavy atom. The molecule has 0 fully saturated rings. The van der Waals surface area contributed by atoms with Crippen molar-refractivity contribution in [2.75, 3.05) is 0 Å². The van der Waals surface area contributed by atoms with E-state index in [1.165, 1.54) is 12.1 Å². The first-order valence-corrected chi connectivity index (χ1v) is 10.1. The number of carbonyl (C=O) groups is 4. The van der Waals surface area contributed by atoms with Crippen LogP contribution in [0.25, 0.3) is 0 Å². The average molecular weight is 455 g/mol. The number of aliphatic hydroxyl groups excluding tert-OH is 2. The third kappa shape index (κ3) is 2.83. The number of Topliss-reactive ketones (excluding diaryl/α,β-unsaturated/α-hetero) is 2. The fourth-order valence-electron chi connectivity index (χ4n) is 5.26. The summed E-state index contributed by atoms with van der Waals surface area (Å²) < 4.78 is 5.47. The number of carbonyl (C=O) groups excluding carboxylic acids is 4. The summed E-state index contributed by atoms with van der Waals surface area (Å²) in [5, 5.41) is 43.2. The normalized spacial score (nSPS) is 30.8. The van der Waals surface area contributed by atoms with E-state index in [1.807, 2.05) is 0 Å². The molecule has 10 heteroatoms. The van der Waals surface area contributed by atoms with Crippen LogP contribution in [0.1, 0.15) is 35.2 Å². The molecule has 1 aromatic rings. The molecular formula is C23H21NO9. The number of hydrogen-bond acceptors (Lipinski definition) is 9. The highest BCUT2D eigenvalue weighted by molar-refractivity contribution is 6.24. The molecule has 0 radical (unpaired) electrons. The van der Waals surface area contributed by atoms with Gasteiger partial charge in [-0.3, -0.25) is 14.4 Å². The van der Waals surface area contributed by atoms with Gasteiger partial charge in [-0.2, -0.15) is 0 Å². The van der Waals surface area contributed by atoms with E-state index in [2.05, 4.69) is 6.58 Å². The first-order valence-electron chi connectivity index (χ1n) is 10.1. The lowest BCUT2D eigenvalue weighted by Gasteiger charge is -2.50. The molecule has 6 N–H and O–H groups in total. The minimum absolute atomic E-state index is 0.129. The number of fused-ring (bicyclic) bond motifs is 3. The van der Waals surface area contributed by atoms with Gasteiger partial charge in [0, 0.05) is 29.9 Å². The Bertz CT molecular complexity index is 1210. The van der Waals surface area contributed by atoms with E-state index in [4.69, 9.17) is 10.5 Å². The Labute approximate surface area is 187 Å². The number of nitrogens with two attached hydrogens (primary N) is 1. The number of phenolic OH excluding ortho intramolecular Hbond substituents is 1. The molecule has 3 aliphatic carbocycles. The number of phenols is 1. The maximum atomic E-state index is 13.4. The van der Waals surface area contributed by atoms with Crippen molar-refractivity contribution in [2.45, 2.75) is 31.0 Å². The summed E-state index contributed by atoms with van der Waals surface area (Å²) in [4.78, 5) is 50.5. The number of aliphatic hydroxyl groups is 3. The number of amides is 1. The molecule has 4 rings (SSSR count). The molecule has 0 bridgehead atoms. The van der Waals surface area contributed by atoms with E-state index in [1.54, 1.807) is 13.0 Å². The van der Waals surface area contributed by atoms with Gasteiger partial charge in [0.1, 0.15) is 28.9 Å². The van der Waals surface area contributed by atoms with Gasteiger partial charge in [0.2, 0.25) is 5.78 Å². The van der Waals surface area contributed by atoms with Gasteiger partial charge in [0.05, 0.1) is 5.56 Å². The van der Waals surface area contributed by atoms with Crippen LogP contribution in [0, 0.1) is 11.8 Å². The van der Waals surface area contributed by atoms with Crippen LogP contribution in [0.5, 0.6) is 5.75 Å². The zero-order valence-corrected chi connectivity index (χ0v) is 17.4. The number of ether oxygens (including phenoxy) is 1. The monoisotopic (exact) mass is 455 g/mol. The third-order valence-electron chi connectivity index (χ3n) is 6.75. The molecule has 0 heterocycles.